The number of ketones is 1. The van der Waals surface area contributed by atoms with Crippen LogP contribution in [0.3, 0.4) is 0 Å². The first-order chi connectivity index (χ1) is 15.5. The average molecular weight is 450 g/mol. The third kappa shape index (κ3) is 5.13. The van der Waals surface area contributed by atoms with Gasteiger partial charge in [-0.25, -0.2) is 9.97 Å². The number of halogens is 1. The number of nitriles is 1. The van der Waals surface area contributed by atoms with Gasteiger partial charge in [0.15, 0.2) is 5.78 Å². The second-order valence-corrected chi connectivity index (χ2v) is 8.32. The number of rotatable bonds is 7. The molecule has 0 amide bonds. The van der Waals surface area contributed by atoms with Crippen molar-refractivity contribution < 1.29 is 4.79 Å². The smallest absolute Gasteiger partial charge is 0.227 e. The van der Waals surface area contributed by atoms with Crippen molar-refractivity contribution in [1.29, 1.82) is 5.26 Å². The topological polar surface area (TPSA) is 99.7 Å². The Hall–Kier alpha value is -3.28. The van der Waals surface area contributed by atoms with Gasteiger partial charge in [0.05, 0.1) is 40.9 Å². The highest BCUT2D eigenvalue weighted by Gasteiger charge is 2.19. The Morgan fingerprint density at radius 1 is 1.25 bits per heavy atom. The molecule has 1 N–H and O–H groups in total. The molecule has 0 aliphatic carbocycles. The van der Waals surface area contributed by atoms with Gasteiger partial charge in [0, 0.05) is 30.2 Å². The van der Waals surface area contributed by atoms with Crippen LogP contribution in [0.4, 0.5) is 11.6 Å². The third-order valence-corrected chi connectivity index (χ3v) is 5.88. The minimum Gasteiger partial charge on any atom is -0.321 e. The number of benzene rings is 1. The quantitative estimate of drug-likeness (QED) is 0.530. The van der Waals surface area contributed by atoms with Gasteiger partial charge in [-0.3, -0.25) is 9.48 Å². The number of carbonyl (C=O) groups is 1. The highest BCUT2D eigenvalue weighted by molar-refractivity contribution is 6.32. The Kier molecular flexibility index (Phi) is 6.78. The van der Waals surface area contributed by atoms with Crippen molar-refractivity contribution in [3.05, 3.63) is 53.4 Å². The highest BCUT2D eigenvalue weighted by Crippen LogP contribution is 2.28. The lowest BCUT2D eigenvalue weighted by molar-refractivity contribution is 0.0984. The number of hydrogen-bond acceptors (Lipinski definition) is 7. The molecule has 3 heterocycles. The van der Waals surface area contributed by atoms with Crippen molar-refractivity contribution >= 4 is 29.0 Å². The summed E-state index contributed by atoms with van der Waals surface area (Å²) in [6.45, 7) is 2.14. The fraction of sp³-hybridized carbons (Fsp3) is 0.348. The summed E-state index contributed by atoms with van der Waals surface area (Å²) in [6, 6.07) is 9.45. The number of anilines is 2. The molecule has 0 unspecified atom stereocenters. The first kappa shape index (κ1) is 21.9. The van der Waals surface area contributed by atoms with E-state index >= 15 is 0 Å². The van der Waals surface area contributed by atoms with Crippen molar-refractivity contribution in [2.45, 2.75) is 31.7 Å². The summed E-state index contributed by atoms with van der Waals surface area (Å²) in [6.07, 6.45) is 7.89. The second-order valence-electron chi connectivity index (χ2n) is 7.92. The molecule has 0 spiro atoms. The summed E-state index contributed by atoms with van der Waals surface area (Å²) < 4.78 is 2.01. The minimum absolute atomic E-state index is 0.0594. The number of aromatic nitrogens is 4. The van der Waals surface area contributed by atoms with E-state index in [1.165, 1.54) is 0 Å². The highest BCUT2D eigenvalue weighted by atomic mass is 35.5. The molecule has 8 nitrogen and oxygen atoms in total. The van der Waals surface area contributed by atoms with Crippen LogP contribution in [-0.2, 0) is 0 Å². The predicted molar refractivity (Wildman–Crippen MR) is 123 cm³/mol. The number of piperidine rings is 1. The van der Waals surface area contributed by atoms with Gasteiger partial charge in [0.2, 0.25) is 5.95 Å². The summed E-state index contributed by atoms with van der Waals surface area (Å²) in [5.74, 6) is 0.359. The van der Waals surface area contributed by atoms with Gasteiger partial charge in [-0.05, 0) is 33.0 Å². The number of Topliss-reactive ketones (excluding diaryl/α,β-unsaturated/α-hetero) is 1. The molecule has 164 valence electrons. The van der Waals surface area contributed by atoms with Crippen molar-refractivity contribution in [3.8, 4) is 17.3 Å². The Labute approximate surface area is 191 Å². The zero-order valence-electron chi connectivity index (χ0n) is 17.8. The summed E-state index contributed by atoms with van der Waals surface area (Å²) in [5.41, 5.74) is 2.73. The van der Waals surface area contributed by atoms with E-state index in [0.717, 1.165) is 37.2 Å². The van der Waals surface area contributed by atoms with Crippen LogP contribution >= 0.6 is 11.6 Å². The predicted octanol–water partition coefficient (Wildman–Crippen LogP) is 4.49. The largest absolute Gasteiger partial charge is 0.321 e. The van der Waals surface area contributed by atoms with Crippen LogP contribution in [0, 0.1) is 11.3 Å². The Morgan fingerprint density at radius 3 is 2.72 bits per heavy atom. The van der Waals surface area contributed by atoms with E-state index in [1.807, 2.05) is 16.9 Å². The van der Waals surface area contributed by atoms with Crippen LogP contribution in [0.15, 0.2) is 42.9 Å². The molecule has 0 atom stereocenters. The van der Waals surface area contributed by atoms with Gasteiger partial charge in [-0.1, -0.05) is 35.9 Å². The molecule has 0 bridgehead atoms. The van der Waals surface area contributed by atoms with Gasteiger partial charge in [-0.15, -0.1) is 0 Å². The summed E-state index contributed by atoms with van der Waals surface area (Å²) in [4.78, 5) is 23.3. The molecule has 0 radical (unpaired) electrons. The molecule has 9 heteroatoms. The van der Waals surface area contributed by atoms with E-state index in [4.69, 9.17) is 16.9 Å². The Bertz CT molecular complexity index is 1130. The van der Waals surface area contributed by atoms with Gasteiger partial charge >= 0.3 is 0 Å². The fourth-order valence-corrected chi connectivity index (χ4v) is 3.95. The summed E-state index contributed by atoms with van der Waals surface area (Å²) >= 11 is 6.35. The van der Waals surface area contributed by atoms with E-state index in [9.17, 15) is 4.79 Å². The van der Waals surface area contributed by atoms with Crippen molar-refractivity contribution in [3.63, 3.8) is 0 Å². The van der Waals surface area contributed by atoms with Crippen LogP contribution in [0.25, 0.3) is 11.3 Å². The molecule has 1 fully saturated rings. The number of likely N-dealkylation sites (tertiary alicyclic amines) is 1. The van der Waals surface area contributed by atoms with Crippen LogP contribution < -0.4 is 5.32 Å². The lowest BCUT2D eigenvalue weighted by atomic mass is 10.0. The lowest BCUT2D eigenvalue weighted by Crippen LogP contribution is -2.31. The van der Waals surface area contributed by atoms with E-state index in [2.05, 4.69) is 32.3 Å². The van der Waals surface area contributed by atoms with E-state index in [1.54, 1.807) is 36.7 Å². The monoisotopic (exact) mass is 449 g/mol. The molecule has 4 rings (SSSR count). The molecule has 1 saturated heterocycles. The Morgan fingerprint density at radius 2 is 2.00 bits per heavy atom. The number of hydrogen-bond donors (Lipinski definition) is 1. The molecule has 3 aromatic rings. The molecule has 1 aliphatic rings. The van der Waals surface area contributed by atoms with Crippen LogP contribution in [0.2, 0.25) is 5.02 Å². The summed E-state index contributed by atoms with van der Waals surface area (Å²) in [5, 5.41) is 16.8. The van der Waals surface area contributed by atoms with E-state index in [0.29, 0.717) is 28.3 Å². The SMILES string of the molecule is CN1CCC(n2cc(Nc3ncc(Cl)c(-c4ccc(C(=O)CCC#N)cc4)n3)cn2)CC1. The first-order valence-corrected chi connectivity index (χ1v) is 10.9. The standard InChI is InChI=1S/C23H24ClN7O/c1-30-11-8-19(9-12-30)31-15-18(13-27-31)28-23-26-14-20(24)22(29-23)17-6-4-16(5-7-17)21(32)3-2-10-25/h4-7,13-15,19H,2-3,8-9,11-12H2,1H3,(H,26,28,29). The molecule has 32 heavy (non-hydrogen) atoms. The van der Waals surface area contributed by atoms with Crippen LogP contribution in [0.5, 0.6) is 0 Å². The number of nitrogens with zero attached hydrogens (tertiary/aromatic N) is 6. The number of nitrogens with one attached hydrogen (secondary N) is 1. The fourth-order valence-electron chi connectivity index (χ4n) is 3.75. The van der Waals surface area contributed by atoms with Gasteiger partial charge < -0.3 is 10.2 Å². The molecule has 1 aromatic carbocycles. The summed E-state index contributed by atoms with van der Waals surface area (Å²) in [7, 11) is 2.14. The van der Waals surface area contributed by atoms with E-state index < -0.39 is 0 Å². The Balaban J connectivity index is 1.47. The van der Waals surface area contributed by atoms with Crippen LogP contribution in [-0.4, -0.2) is 50.6 Å². The molecular weight excluding hydrogens is 426 g/mol. The third-order valence-electron chi connectivity index (χ3n) is 5.61. The van der Waals surface area contributed by atoms with Crippen molar-refractivity contribution in [2.75, 3.05) is 25.5 Å². The van der Waals surface area contributed by atoms with Gasteiger partial charge in [0.25, 0.3) is 0 Å². The number of carbonyl (C=O) groups excluding carboxylic acids is 1. The van der Waals surface area contributed by atoms with Gasteiger partial charge in [-0.2, -0.15) is 10.4 Å². The van der Waals surface area contributed by atoms with Gasteiger partial charge in [0.1, 0.15) is 0 Å². The zero-order valence-corrected chi connectivity index (χ0v) is 18.6. The van der Waals surface area contributed by atoms with Crippen molar-refractivity contribution in [1.82, 2.24) is 24.6 Å². The first-order valence-electron chi connectivity index (χ1n) is 10.6. The lowest BCUT2D eigenvalue weighted by Gasteiger charge is -2.28. The average Bonchev–Trinajstić information content (AvgIpc) is 3.28. The molecule has 2 aromatic heterocycles. The minimum atomic E-state index is -0.0594. The maximum atomic E-state index is 12.1. The molecule has 0 saturated carbocycles. The second kappa shape index (κ2) is 9.90. The van der Waals surface area contributed by atoms with E-state index in [-0.39, 0.29) is 18.6 Å². The zero-order chi connectivity index (χ0) is 22.5. The maximum absolute atomic E-state index is 12.1. The normalized spacial score (nSPS) is 14.8. The maximum Gasteiger partial charge on any atom is 0.227 e. The molecule has 1 aliphatic heterocycles. The van der Waals surface area contributed by atoms with Crippen molar-refractivity contribution in [2.24, 2.45) is 0 Å². The molecular formula is C23H24ClN7O. The van der Waals surface area contributed by atoms with Crippen LogP contribution in [0.1, 0.15) is 42.1 Å².